The van der Waals surface area contributed by atoms with Crippen molar-refractivity contribution >= 4 is 16.8 Å². The average molecular weight is 187 g/mol. The molecule has 3 aliphatic rings. The highest BCUT2D eigenvalue weighted by molar-refractivity contribution is 6.64. The van der Waals surface area contributed by atoms with Gasteiger partial charge in [-0.15, -0.1) is 0 Å². The summed E-state index contributed by atoms with van der Waals surface area (Å²) in [6.07, 6.45) is 6.70. The number of halogens is 1. The molecule has 3 rings (SSSR count). The van der Waals surface area contributed by atoms with Crippen LogP contribution in [-0.2, 0) is 4.79 Å². The molecule has 3 saturated carbocycles. The first kappa shape index (κ1) is 8.55. The third-order valence-corrected chi connectivity index (χ3v) is 4.44. The molecule has 0 aromatic rings. The lowest BCUT2D eigenvalue weighted by Crippen LogP contribution is -2.43. The Kier molecular flexibility index (Phi) is 1.76. The van der Waals surface area contributed by atoms with Crippen LogP contribution in [0.15, 0.2) is 0 Å². The Bertz CT molecular complexity index is 197. The van der Waals surface area contributed by atoms with Crippen molar-refractivity contribution in [2.24, 2.45) is 10.8 Å². The van der Waals surface area contributed by atoms with E-state index in [-0.39, 0.29) is 10.7 Å². The SMILES string of the molecule is CC12CCC(C(=O)Cl)(CC1)CC2. The van der Waals surface area contributed by atoms with Gasteiger partial charge in [0.05, 0.1) is 0 Å². The minimum absolute atomic E-state index is 0.0794. The second-order valence-corrected chi connectivity index (χ2v) is 5.21. The van der Waals surface area contributed by atoms with E-state index in [1.54, 1.807) is 0 Å². The number of carbonyl (C=O) groups excluding carboxylic acids is 1. The summed E-state index contributed by atoms with van der Waals surface area (Å²) >= 11 is 5.64. The van der Waals surface area contributed by atoms with Crippen LogP contribution in [-0.4, -0.2) is 5.24 Å². The largest absolute Gasteiger partial charge is 0.281 e. The molecule has 0 aromatic carbocycles. The van der Waals surface area contributed by atoms with Crippen LogP contribution in [0.25, 0.3) is 0 Å². The maximum atomic E-state index is 11.2. The van der Waals surface area contributed by atoms with Gasteiger partial charge in [-0.25, -0.2) is 0 Å². The lowest BCUT2D eigenvalue weighted by atomic mass is 9.55. The quantitative estimate of drug-likeness (QED) is 0.576. The molecular weight excluding hydrogens is 172 g/mol. The van der Waals surface area contributed by atoms with Gasteiger partial charge in [-0.05, 0) is 55.5 Å². The number of fused-ring (bicyclic) bond motifs is 3. The van der Waals surface area contributed by atoms with E-state index < -0.39 is 0 Å². The summed E-state index contributed by atoms with van der Waals surface area (Å²) in [5.41, 5.74) is 0.424. The van der Waals surface area contributed by atoms with Gasteiger partial charge >= 0.3 is 0 Å². The van der Waals surface area contributed by atoms with E-state index in [9.17, 15) is 4.79 Å². The fraction of sp³-hybridized carbons (Fsp3) is 0.900. The van der Waals surface area contributed by atoms with Crippen molar-refractivity contribution in [3.8, 4) is 0 Å². The Balaban J connectivity index is 2.20. The molecule has 0 atom stereocenters. The molecule has 0 aliphatic heterocycles. The Morgan fingerprint density at radius 3 is 1.83 bits per heavy atom. The molecule has 0 amide bonds. The lowest BCUT2D eigenvalue weighted by molar-refractivity contribution is -0.128. The van der Waals surface area contributed by atoms with Crippen molar-refractivity contribution in [1.82, 2.24) is 0 Å². The van der Waals surface area contributed by atoms with E-state index >= 15 is 0 Å². The predicted molar refractivity (Wildman–Crippen MR) is 49.1 cm³/mol. The molecule has 0 saturated heterocycles. The molecule has 2 bridgehead atoms. The third-order valence-electron chi connectivity index (χ3n) is 4.04. The number of carbonyl (C=O) groups is 1. The molecule has 0 radical (unpaired) electrons. The summed E-state index contributed by atoms with van der Waals surface area (Å²) in [5, 5.41) is -0.0794. The zero-order valence-electron chi connectivity index (χ0n) is 7.53. The normalized spacial score (nSPS) is 46.2. The van der Waals surface area contributed by atoms with Crippen molar-refractivity contribution in [2.75, 3.05) is 0 Å². The summed E-state index contributed by atoms with van der Waals surface area (Å²) in [5.74, 6) is 0. The van der Waals surface area contributed by atoms with Crippen LogP contribution in [0.5, 0.6) is 0 Å². The average Bonchev–Trinajstić information content (AvgIpc) is 2.06. The Morgan fingerprint density at radius 2 is 1.50 bits per heavy atom. The monoisotopic (exact) mass is 186 g/mol. The van der Waals surface area contributed by atoms with E-state index in [2.05, 4.69) is 6.92 Å². The summed E-state index contributed by atoms with van der Waals surface area (Å²) in [7, 11) is 0. The van der Waals surface area contributed by atoms with Gasteiger partial charge in [-0.2, -0.15) is 0 Å². The van der Waals surface area contributed by atoms with Gasteiger partial charge in [0.1, 0.15) is 0 Å². The van der Waals surface area contributed by atoms with Crippen LogP contribution in [0, 0.1) is 10.8 Å². The Morgan fingerprint density at radius 1 is 1.08 bits per heavy atom. The van der Waals surface area contributed by atoms with Crippen molar-refractivity contribution in [2.45, 2.75) is 45.4 Å². The molecular formula is C10H15ClO. The van der Waals surface area contributed by atoms with Crippen molar-refractivity contribution < 1.29 is 4.79 Å². The Hall–Kier alpha value is -0.0400. The molecule has 0 unspecified atom stereocenters. The zero-order chi connectivity index (χ0) is 8.82. The van der Waals surface area contributed by atoms with Gasteiger partial charge < -0.3 is 0 Å². The Labute approximate surface area is 78.5 Å². The number of hydrogen-bond acceptors (Lipinski definition) is 1. The van der Waals surface area contributed by atoms with Crippen molar-refractivity contribution in [3.05, 3.63) is 0 Å². The maximum Gasteiger partial charge on any atom is 0.227 e. The minimum atomic E-state index is -0.112. The van der Waals surface area contributed by atoms with Crippen LogP contribution in [0.2, 0.25) is 0 Å². The topological polar surface area (TPSA) is 17.1 Å². The molecule has 3 aliphatic carbocycles. The van der Waals surface area contributed by atoms with Gasteiger partial charge in [0.25, 0.3) is 0 Å². The van der Waals surface area contributed by atoms with E-state index in [0.29, 0.717) is 5.41 Å². The first-order chi connectivity index (χ1) is 5.56. The fourth-order valence-corrected chi connectivity index (χ4v) is 2.95. The van der Waals surface area contributed by atoms with Gasteiger partial charge in [0.2, 0.25) is 5.24 Å². The first-order valence-electron chi connectivity index (χ1n) is 4.76. The second kappa shape index (κ2) is 2.47. The molecule has 12 heavy (non-hydrogen) atoms. The van der Waals surface area contributed by atoms with Gasteiger partial charge in [0, 0.05) is 5.41 Å². The molecule has 0 aromatic heterocycles. The molecule has 2 heteroatoms. The van der Waals surface area contributed by atoms with Crippen molar-refractivity contribution in [3.63, 3.8) is 0 Å². The minimum Gasteiger partial charge on any atom is -0.281 e. The first-order valence-corrected chi connectivity index (χ1v) is 5.14. The summed E-state index contributed by atoms with van der Waals surface area (Å²) in [6.45, 7) is 2.34. The highest BCUT2D eigenvalue weighted by Gasteiger charge is 2.49. The van der Waals surface area contributed by atoms with Crippen LogP contribution in [0.3, 0.4) is 0 Å². The summed E-state index contributed by atoms with van der Waals surface area (Å²) in [6, 6.07) is 0. The molecule has 3 fully saturated rings. The summed E-state index contributed by atoms with van der Waals surface area (Å²) in [4.78, 5) is 11.2. The number of rotatable bonds is 1. The van der Waals surface area contributed by atoms with E-state index in [1.807, 2.05) is 0 Å². The second-order valence-electron chi connectivity index (χ2n) is 4.86. The van der Waals surface area contributed by atoms with Crippen LogP contribution in [0.1, 0.15) is 45.4 Å². The molecule has 0 spiro atoms. The van der Waals surface area contributed by atoms with Crippen LogP contribution in [0.4, 0.5) is 0 Å². The molecule has 0 heterocycles. The van der Waals surface area contributed by atoms with Gasteiger partial charge in [0.15, 0.2) is 0 Å². The van der Waals surface area contributed by atoms with E-state index in [1.165, 1.54) is 19.3 Å². The molecule has 68 valence electrons. The molecule has 1 nitrogen and oxygen atoms in total. The highest BCUT2D eigenvalue weighted by Crippen LogP contribution is 2.57. The van der Waals surface area contributed by atoms with E-state index in [0.717, 1.165) is 19.3 Å². The highest BCUT2D eigenvalue weighted by atomic mass is 35.5. The third kappa shape index (κ3) is 1.10. The van der Waals surface area contributed by atoms with E-state index in [4.69, 9.17) is 11.6 Å². The lowest BCUT2D eigenvalue weighted by Gasteiger charge is -2.50. The summed E-state index contributed by atoms with van der Waals surface area (Å²) < 4.78 is 0. The van der Waals surface area contributed by atoms with Crippen LogP contribution >= 0.6 is 11.6 Å². The molecule has 0 N–H and O–H groups in total. The van der Waals surface area contributed by atoms with Crippen molar-refractivity contribution in [1.29, 1.82) is 0 Å². The standard InChI is InChI=1S/C10H15ClO/c1-9-2-5-10(6-3-9,7-4-9)8(11)12/h2-7H2,1H3. The number of hydrogen-bond donors (Lipinski definition) is 0. The maximum absolute atomic E-state index is 11.2. The van der Waals surface area contributed by atoms with Gasteiger partial charge in [-0.1, -0.05) is 6.92 Å². The van der Waals surface area contributed by atoms with Gasteiger partial charge in [-0.3, -0.25) is 4.79 Å². The smallest absolute Gasteiger partial charge is 0.227 e. The predicted octanol–water partition coefficient (Wildman–Crippen LogP) is 3.11. The van der Waals surface area contributed by atoms with Crippen LogP contribution < -0.4 is 0 Å². The zero-order valence-corrected chi connectivity index (χ0v) is 8.28. The fourth-order valence-electron chi connectivity index (χ4n) is 2.67.